The van der Waals surface area contributed by atoms with Gasteiger partial charge >= 0.3 is 0 Å². The van der Waals surface area contributed by atoms with E-state index >= 15 is 0 Å². The highest BCUT2D eigenvalue weighted by atomic mass is 16.3. The Morgan fingerprint density at radius 3 is 0.896 bits per heavy atom. The largest absolute Gasteiger partial charge is 0.455 e. The first-order chi connectivity index (χ1) is 33.2. The van der Waals surface area contributed by atoms with E-state index in [0.29, 0.717) is 0 Å². The van der Waals surface area contributed by atoms with Crippen molar-refractivity contribution in [3.8, 4) is 44.9 Å². The van der Waals surface area contributed by atoms with Crippen LogP contribution in [0.1, 0.15) is 6.92 Å². The molecule has 0 N–H and O–H groups in total. The molecule has 0 unspecified atom stereocenters. The highest BCUT2D eigenvalue weighted by Crippen LogP contribution is 2.48. The summed E-state index contributed by atoms with van der Waals surface area (Å²) in [6, 6.07) is 84.6. The van der Waals surface area contributed by atoms with Gasteiger partial charge in [0.05, 0.1) is 0 Å². The molecule has 0 atom stereocenters. The maximum absolute atomic E-state index is 6.96. The summed E-state index contributed by atoms with van der Waals surface area (Å²) in [5, 5.41) is 1.98. The number of nitrogens with zero attached hydrogens (tertiary/aromatic N) is 2. The van der Waals surface area contributed by atoms with Crippen LogP contribution < -0.4 is 9.80 Å². The standard InChI is InChI=1S/C58H40N2O2.C5H8/c1-7-19-43(20-8-1)57-55(41-31-35-49(36-32-41)59(45-23-11-3-12-24-45)46-25-13-4-14-26-46)51-39-54-52(40-53(51)61-57)56(58(62-54)44-21-9-2-10-22-44)42-33-37-50(38-34-42)60(47-27-15-5-16-28-47)48-29-17-6-18-30-48;1-3-5-4-2/h1-40H;3-5H,1H2,2H3/b;5-4-. The van der Waals surface area contributed by atoms with Gasteiger partial charge in [-0.1, -0.05) is 183 Å². The summed E-state index contributed by atoms with van der Waals surface area (Å²) in [5.41, 5.74) is 14.3. The van der Waals surface area contributed by atoms with Gasteiger partial charge in [-0.3, -0.25) is 0 Å². The molecule has 0 aliphatic carbocycles. The van der Waals surface area contributed by atoms with Crippen LogP contribution in [0, 0.1) is 0 Å². The fraction of sp³-hybridized carbons (Fsp3) is 0.0159. The van der Waals surface area contributed by atoms with Gasteiger partial charge in [-0.15, -0.1) is 0 Å². The van der Waals surface area contributed by atoms with E-state index in [1.165, 1.54) is 0 Å². The van der Waals surface area contributed by atoms with E-state index in [2.05, 4.69) is 247 Å². The number of fused-ring (bicyclic) bond motifs is 2. The van der Waals surface area contributed by atoms with E-state index in [9.17, 15) is 0 Å². The zero-order valence-electron chi connectivity index (χ0n) is 37.2. The van der Waals surface area contributed by atoms with Crippen LogP contribution in [0.4, 0.5) is 34.1 Å². The summed E-state index contributed by atoms with van der Waals surface area (Å²) in [6.45, 7) is 5.42. The number of allylic oxidation sites excluding steroid dienone is 3. The molecule has 2 heterocycles. The first kappa shape index (κ1) is 42.1. The summed E-state index contributed by atoms with van der Waals surface area (Å²) in [6.07, 6.45) is 5.58. The molecular weight excluding hydrogens is 817 g/mol. The minimum atomic E-state index is 0.795. The number of benzene rings is 9. The lowest BCUT2D eigenvalue weighted by molar-refractivity contribution is 0.628. The lowest BCUT2D eigenvalue weighted by atomic mass is 9.95. The first-order valence-corrected chi connectivity index (χ1v) is 22.6. The van der Waals surface area contributed by atoms with Crippen LogP contribution in [0.2, 0.25) is 0 Å². The fourth-order valence-electron chi connectivity index (χ4n) is 8.74. The smallest absolute Gasteiger partial charge is 0.143 e. The molecule has 0 fully saturated rings. The van der Waals surface area contributed by atoms with Gasteiger partial charge in [0.2, 0.25) is 0 Å². The van der Waals surface area contributed by atoms with Gasteiger partial charge in [-0.05, 0) is 103 Å². The van der Waals surface area contributed by atoms with E-state index in [1.54, 1.807) is 6.08 Å². The second-order valence-electron chi connectivity index (χ2n) is 16.1. The Kier molecular flexibility index (Phi) is 12.2. The third-order valence-corrected chi connectivity index (χ3v) is 11.8. The van der Waals surface area contributed by atoms with Crippen LogP contribution in [0.3, 0.4) is 0 Å². The average molecular weight is 865 g/mol. The molecule has 9 aromatic carbocycles. The quantitative estimate of drug-likeness (QED) is 0.121. The lowest BCUT2D eigenvalue weighted by Crippen LogP contribution is -2.09. The van der Waals surface area contributed by atoms with E-state index in [4.69, 9.17) is 8.83 Å². The number of hydrogen-bond acceptors (Lipinski definition) is 4. The van der Waals surface area contributed by atoms with E-state index < -0.39 is 0 Å². The molecule has 67 heavy (non-hydrogen) atoms. The van der Waals surface area contributed by atoms with E-state index in [1.807, 2.05) is 31.2 Å². The highest BCUT2D eigenvalue weighted by molar-refractivity contribution is 6.11. The van der Waals surface area contributed by atoms with Crippen molar-refractivity contribution < 1.29 is 8.83 Å². The summed E-state index contributed by atoms with van der Waals surface area (Å²) in [5.74, 6) is 1.64. The molecule has 0 saturated carbocycles. The molecule has 322 valence electrons. The van der Waals surface area contributed by atoms with E-state index in [0.717, 1.165) is 101 Å². The molecule has 0 spiro atoms. The molecular formula is C63H48N2O2. The highest BCUT2D eigenvalue weighted by Gasteiger charge is 2.24. The number of rotatable bonds is 11. The van der Waals surface area contributed by atoms with Crippen LogP contribution >= 0.6 is 0 Å². The number of furan rings is 2. The van der Waals surface area contributed by atoms with Crippen molar-refractivity contribution in [2.24, 2.45) is 0 Å². The molecule has 2 aromatic heterocycles. The van der Waals surface area contributed by atoms with Gasteiger partial charge < -0.3 is 18.6 Å². The van der Waals surface area contributed by atoms with Gasteiger partial charge in [0.15, 0.2) is 0 Å². The van der Waals surface area contributed by atoms with E-state index in [-0.39, 0.29) is 0 Å². The van der Waals surface area contributed by atoms with Crippen LogP contribution in [0.5, 0.6) is 0 Å². The molecule has 0 aliphatic heterocycles. The van der Waals surface area contributed by atoms with Crippen molar-refractivity contribution in [2.75, 3.05) is 9.80 Å². The molecule has 0 amide bonds. The summed E-state index contributed by atoms with van der Waals surface area (Å²) in [4.78, 5) is 4.56. The Labute approximate surface area is 392 Å². The Hall–Kier alpha value is -8.86. The van der Waals surface area contributed by atoms with Gasteiger partial charge in [-0.25, -0.2) is 0 Å². The van der Waals surface area contributed by atoms with Crippen LogP contribution in [-0.2, 0) is 0 Å². The SMILES string of the molecule is C=C/C=C\C.c1ccc(-c2oc3cc4c(-c5ccc(N(c6ccccc6)c6ccccc6)cc5)c(-c5ccccc5)oc4cc3c2-c2ccc(N(c3ccccc3)c3ccccc3)cc2)cc1. The average Bonchev–Trinajstić information content (AvgIpc) is 3.97. The predicted octanol–water partition coefficient (Wildman–Crippen LogP) is 18.5. The normalized spacial score (nSPS) is 11.1. The van der Waals surface area contributed by atoms with Crippen molar-refractivity contribution in [2.45, 2.75) is 6.92 Å². The minimum Gasteiger partial charge on any atom is -0.455 e. The molecule has 11 rings (SSSR count). The zero-order chi connectivity index (χ0) is 45.4. The number of para-hydroxylation sites is 4. The van der Waals surface area contributed by atoms with Crippen molar-refractivity contribution in [1.29, 1.82) is 0 Å². The van der Waals surface area contributed by atoms with Crippen LogP contribution in [0.25, 0.3) is 66.8 Å². The second-order valence-corrected chi connectivity index (χ2v) is 16.1. The third kappa shape index (κ3) is 8.72. The van der Waals surface area contributed by atoms with Gasteiger partial charge in [-0.2, -0.15) is 0 Å². The summed E-state index contributed by atoms with van der Waals surface area (Å²) >= 11 is 0. The Bertz CT molecular complexity index is 3080. The summed E-state index contributed by atoms with van der Waals surface area (Å²) < 4.78 is 13.9. The van der Waals surface area contributed by atoms with Crippen molar-refractivity contribution in [3.05, 3.63) is 267 Å². The monoisotopic (exact) mass is 864 g/mol. The molecule has 4 heteroatoms. The molecule has 0 saturated heterocycles. The van der Waals surface area contributed by atoms with Crippen LogP contribution in [0.15, 0.2) is 276 Å². The Morgan fingerprint density at radius 1 is 0.343 bits per heavy atom. The number of hydrogen-bond donors (Lipinski definition) is 0. The molecule has 0 radical (unpaired) electrons. The van der Waals surface area contributed by atoms with Gasteiger partial charge in [0, 0.05) is 67.2 Å². The predicted molar refractivity (Wildman–Crippen MR) is 282 cm³/mol. The lowest BCUT2D eigenvalue weighted by Gasteiger charge is -2.25. The maximum Gasteiger partial charge on any atom is 0.143 e. The maximum atomic E-state index is 6.96. The fourth-order valence-corrected chi connectivity index (χ4v) is 8.74. The minimum absolute atomic E-state index is 0.795. The van der Waals surface area contributed by atoms with Gasteiger partial charge in [0.1, 0.15) is 22.7 Å². The Balaban J connectivity index is 0.000000999. The second kappa shape index (κ2) is 19.5. The number of anilines is 6. The third-order valence-electron chi connectivity index (χ3n) is 11.8. The van der Waals surface area contributed by atoms with Crippen molar-refractivity contribution in [3.63, 3.8) is 0 Å². The topological polar surface area (TPSA) is 32.8 Å². The van der Waals surface area contributed by atoms with Crippen molar-refractivity contribution in [1.82, 2.24) is 0 Å². The molecule has 11 aromatic rings. The van der Waals surface area contributed by atoms with Crippen LogP contribution in [-0.4, -0.2) is 0 Å². The zero-order valence-corrected chi connectivity index (χ0v) is 37.2. The first-order valence-electron chi connectivity index (χ1n) is 22.6. The molecule has 4 nitrogen and oxygen atoms in total. The molecule has 0 bridgehead atoms. The molecule has 0 aliphatic rings. The summed E-state index contributed by atoms with van der Waals surface area (Å²) in [7, 11) is 0. The van der Waals surface area contributed by atoms with Gasteiger partial charge in [0.25, 0.3) is 0 Å². The van der Waals surface area contributed by atoms with Crippen molar-refractivity contribution >= 4 is 56.1 Å². The Morgan fingerprint density at radius 2 is 0.627 bits per heavy atom.